The fourth-order valence-corrected chi connectivity index (χ4v) is 2.38. The van der Waals surface area contributed by atoms with Gasteiger partial charge in [-0.15, -0.1) is 0 Å². The van der Waals surface area contributed by atoms with Gasteiger partial charge in [0.15, 0.2) is 0 Å². The van der Waals surface area contributed by atoms with Gasteiger partial charge in [0.1, 0.15) is 4.32 Å². The number of thiol groups is 1. The van der Waals surface area contributed by atoms with Crippen molar-refractivity contribution >= 4 is 57.0 Å². The molecule has 0 saturated carbocycles. The van der Waals surface area contributed by atoms with E-state index >= 15 is 0 Å². The summed E-state index contributed by atoms with van der Waals surface area (Å²) >= 11 is 4.82. The fraction of sp³-hybridized carbons (Fsp3) is 0.800. The van der Waals surface area contributed by atoms with Crippen LogP contribution in [0.5, 0.6) is 0 Å². The van der Waals surface area contributed by atoms with Gasteiger partial charge in [0.05, 0.1) is 0 Å². The Bertz CT molecular complexity index is 83.0. The van der Waals surface area contributed by atoms with Crippen LogP contribution < -0.4 is 5.73 Å². The molecule has 0 aromatic heterocycles. The topological polar surface area (TPSA) is 26.0 Å². The molecule has 0 heterocycles. The van der Waals surface area contributed by atoms with Crippen LogP contribution in [0.15, 0.2) is 0 Å². The van der Waals surface area contributed by atoms with Crippen molar-refractivity contribution in [3.63, 3.8) is 0 Å². The van der Waals surface area contributed by atoms with Crippen molar-refractivity contribution in [2.24, 2.45) is 5.73 Å². The summed E-state index contributed by atoms with van der Waals surface area (Å²) in [4.78, 5) is 0. The van der Waals surface area contributed by atoms with Gasteiger partial charge in [0, 0.05) is 0 Å². The zero-order valence-corrected chi connectivity index (χ0v) is 7.06. The fourth-order valence-electron chi connectivity index (χ4n) is 0.535. The minimum atomic E-state index is -0.106. The Hall–Kier alpha value is 1.24. The van der Waals surface area contributed by atoms with Gasteiger partial charge in [-0.1, -0.05) is 26.1 Å². The molecule has 0 bridgehead atoms. The molecule has 0 aliphatic heterocycles. The van der Waals surface area contributed by atoms with E-state index in [0.29, 0.717) is 0 Å². The van der Waals surface area contributed by atoms with Crippen LogP contribution in [0.2, 0.25) is 0 Å². The molecule has 4 heteroatoms. The van der Waals surface area contributed by atoms with E-state index in [-0.39, 0.29) is 40.5 Å². The molecule has 9 heavy (non-hydrogen) atoms. The second kappa shape index (κ2) is 7.35. The molecule has 1 nitrogen and oxygen atoms in total. The maximum absolute atomic E-state index is 5.42. The zero-order valence-electron chi connectivity index (χ0n) is 5.35. The Balaban J connectivity index is 0. The minimum absolute atomic E-state index is 0. The number of thiocarbonyl (C=S) groups is 1. The Kier molecular flexibility index (Phi) is 10.5. The second-order valence-corrected chi connectivity index (χ2v) is 5.08. The van der Waals surface area contributed by atoms with Crippen LogP contribution in [0.3, 0.4) is 0 Å². The van der Waals surface area contributed by atoms with Crippen molar-refractivity contribution in [3.05, 3.63) is 0 Å². The van der Waals surface area contributed by atoms with Gasteiger partial charge in [-0.25, -0.2) is 10.9 Å². The molecule has 0 fully saturated rings. The third kappa shape index (κ3) is 5.67. The Morgan fingerprint density at radius 2 is 1.78 bits per heavy atom. The van der Waals surface area contributed by atoms with E-state index < -0.39 is 0 Å². The second-order valence-electron chi connectivity index (χ2n) is 1.51. The number of hydrogen-bond acceptors (Lipinski definition) is 1. The van der Waals surface area contributed by atoms with Crippen LogP contribution in [0.4, 0.5) is 0 Å². The first kappa shape index (κ1) is 12.9. The number of rotatable bonds is 2. The molecule has 0 rings (SSSR count). The van der Waals surface area contributed by atoms with E-state index in [1.54, 1.807) is 0 Å². The van der Waals surface area contributed by atoms with E-state index in [4.69, 9.17) is 18.0 Å². The van der Waals surface area contributed by atoms with Crippen molar-refractivity contribution in [1.82, 2.24) is 0 Å². The quantitative estimate of drug-likeness (QED) is 0.365. The van der Waals surface area contributed by atoms with E-state index in [0.717, 1.165) is 15.8 Å². The van der Waals surface area contributed by atoms with Gasteiger partial charge in [-0.05, 0) is 11.5 Å². The summed E-state index contributed by atoms with van der Waals surface area (Å²) in [5.74, 6) is 2.28. The number of hydrogen-bond donors (Lipinski definition) is 2. The maximum atomic E-state index is 5.42. The van der Waals surface area contributed by atoms with Crippen LogP contribution in [0.1, 0.15) is 13.8 Å². The first-order valence-corrected chi connectivity index (χ1v) is 4.88. The average Bonchev–Trinajstić information content (AvgIpc) is 1.69. The van der Waals surface area contributed by atoms with Gasteiger partial charge in [0.25, 0.3) is 0 Å². The molecule has 0 aliphatic carbocycles. The van der Waals surface area contributed by atoms with E-state index in [9.17, 15) is 0 Å². The monoisotopic (exact) mass is 175 g/mol. The van der Waals surface area contributed by atoms with Crippen molar-refractivity contribution in [2.75, 3.05) is 11.5 Å². The standard InChI is InChI=1S/C5H13NS2.Na.H/c1-3-8(4-2)5(6)7;;/h8H,3-4H2,1-2H3,(H2,6,7);;. The van der Waals surface area contributed by atoms with E-state index in [1.807, 2.05) is 0 Å². The molecular weight excluding hydrogens is 161 g/mol. The summed E-state index contributed by atoms with van der Waals surface area (Å²) in [6.45, 7) is 4.27. The van der Waals surface area contributed by atoms with Crippen molar-refractivity contribution in [2.45, 2.75) is 13.8 Å². The molecule has 0 aliphatic rings. The summed E-state index contributed by atoms with van der Waals surface area (Å²) in [5, 5.41) is 0. The third-order valence-corrected chi connectivity index (χ3v) is 4.00. The predicted molar refractivity (Wildman–Crippen MR) is 54.0 cm³/mol. The first-order chi connectivity index (χ1) is 3.72. The van der Waals surface area contributed by atoms with Crippen LogP contribution in [-0.4, -0.2) is 45.4 Å². The van der Waals surface area contributed by atoms with Crippen LogP contribution in [0.25, 0.3) is 0 Å². The molecule has 0 unspecified atom stereocenters. The summed E-state index contributed by atoms with van der Waals surface area (Å²) in [5.41, 5.74) is 5.42. The normalized spacial score (nSPS) is 9.78. The molecule has 0 aromatic carbocycles. The van der Waals surface area contributed by atoms with Gasteiger partial charge < -0.3 is 5.73 Å². The van der Waals surface area contributed by atoms with Crippen molar-refractivity contribution in [3.8, 4) is 0 Å². The van der Waals surface area contributed by atoms with Crippen molar-refractivity contribution in [1.29, 1.82) is 0 Å². The first-order valence-electron chi connectivity index (χ1n) is 2.76. The molecule has 0 amide bonds. The summed E-state index contributed by atoms with van der Waals surface area (Å²) < 4.78 is 0.727. The Labute approximate surface area is 87.4 Å². The Morgan fingerprint density at radius 1 is 1.44 bits per heavy atom. The van der Waals surface area contributed by atoms with Crippen LogP contribution in [0, 0.1) is 0 Å². The molecule has 0 aromatic rings. The van der Waals surface area contributed by atoms with Gasteiger partial charge >= 0.3 is 29.6 Å². The number of nitrogens with two attached hydrogens (primary N) is 1. The average molecular weight is 175 g/mol. The molecule has 0 atom stereocenters. The van der Waals surface area contributed by atoms with Gasteiger partial charge in [-0.3, -0.25) is 0 Å². The molecule has 2 N–H and O–H groups in total. The molecular formula is C5H14NNaS2. The van der Waals surface area contributed by atoms with Crippen molar-refractivity contribution < 1.29 is 0 Å². The summed E-state index contributed by atoms with van der Waals surface area (Å²) in [6, 6.07) is 0. The SMILES string of the molecule is CC[SH](CC)C(N)=S.[NaH]. The van der Waals surface area contributed by atoms with E-state index in [2.05, 4.69) is 13.8 Å². The van der Waals surface area contributed by atoms with Crippen LogP contribution >= 0.6 is 23.1 Å². The van der Waals surface area contributed by atoms with Gasteiger partial charge in [0.2, 0.25) is 0 Å². The Morgan fingerprint density at radius 3 is 1.78 bits per heavy atom. The zero-order chi connectivity index (χ0) is 6.57. The molecule has 0 radical (unpaired) electrons. The summed E-state index contributed by atoms with van der Waals surface area (Å²) in [7, 11) is -0.106. The molecule has 52 valence electrons. The summed E-state index contributed by atoms with van der Waals surface area (Å²) in [6.07, 6.45) is 0. The predicted octanol–water partition coefficient (Wildman–Crippen LogP) is 0.623. The molecule has 0 spiro atoms. The third-order valence-electron chi connectivity index (χ3n) is 1.08. The van der Waals surface area contributed by atoms with Crippen LogP contribution in [-0.2, 0) is 0 Å². The van der Waals surface area contributed by atoms with E-state index in [1.165, 1.54) is 0 Å². The van der Waals surface area contributed by atoms with Gasteiger partial charge in [-0.2, -0.15) is 0 Å². The molecule has 0 saturated heterocycles.